The molecule has 8 heteroatoms. The Hall–Kier alpha value is -2.84. The molecule has 0 spiro atoms. The molecule has 2 heterocycles. The van der Waals surface area contributed by atoms with Crippen molar-refractivity contribution in [1.29, 1.82) is 0 Å². The Morgan fingerprint density at radius 1 is 1.40 bits per heavy atom. The Kier molecular flexibility index (Phi) is 4.47. The molecule has 8 nitrogen and oxygen atoms in total. The van der Waals surface area contributed by atoms with E-state index < -0.39 is 24.7 Å². The van der Waals surface area contributed by atoms with Gasteiger partial charge in [-0.3, -0.25) is 9.36 Å². The molecule has 1 aromatic carbocycles. The van der Waals surface area contributed by atoms with Crippen LogP contribution in [0.1, 0.15) is 30.0 Å². The van der Waals surface area contributed by atoms with Crippen LogP contribution in [0.4, 0.5) is 0 Å². The highest BCUT2D eigenvalue weighted by molar-refractivity contribution is 5.83. The van der Waals surface area contributed by atoms with E-state index in [1.54, 1.807) is 0 Å². The van der Waals surface area contributed by atoms with Crippen LogP contribution in [0.3, 0.4) is 0 Å². The smallest absolute Gasteiger partial charge is 0.323 e. The monoisotopic (exact) mass is 344 g/mol. The first-order valence-electron chi connectivity index (χ1n) is 7.87. The van der Waals surface area contributed by atoms with Gasteiger partial charge in [-0.05, 0) is 18.6 Å². The first-order valence-corrected chi connectivity index (χ1v) is 7.87. The van der Waals surface area contributed by atoms with Crippen molar-refractivity contribution >= 4 is 16.9 Å². The zero-order valence-corrected chi connectivity index (χ0v) is 13.7. The SMILES string of the molecule is C[C@@H](O)[C@H](N)c1nc(Cc2c[nH]c3ccccc23)c(O)n1CC(=O)O. The maximum atomic E-state index is 11.1. The predicted molar refractivity (Wildman–Crippen MR) is 91.2 cm³/mol. The lowest BCUT2D eigenvalue weighted by Gasteiger charge is -2.15. The number of imidazole rings is 1. The third-order valence-corrected chi connectivity index (χ3v) is 4.18. The van der Waals surface area contributed by atoms with E-state index in [1.165, 1.54) is 6.92 Å². The van der Waals surface area contributed by atoms with Crippen LogP contribution in [-0.4, -0.2) is 41.9 Å². The number of carbonyl (C=O) groups is 1. The summed E-state index contributed by atoms with van der Waals surface area (Å²) in [6.07, 6.45) is 1.20. The molecule has 0 fully saturated rings. The lowest BCUT2D eigenvalue weighted by molar-refractivity contribution is -0.137. The Balaban J connectivity index is 2.02. The molecule has 132 valence electrons. The van der Waals surface area contributed by atoms with Gasteiger partial charge >= 0.3 is 5.97 Å². The van der Waals surface area contributed by atoms with Crippen molar-refractivity contribution in [1.82, 2.24) is 14.5 Å². The molecule has 6 N–H and O–H groups in total. The number of carboxylic acid groups (broad SMARTS) is 1. The van der Waals surface area contributed by atoms with Gasteiger partial charge in [-0.2, -0.15) is 0 Å². The lowest BCUT2D eigenvalue weighted by atomic mass is 10.1. The standard InChI is InChI=1S/C17H20N4O4/c1-9(22)15(18)16-20-13(17(25)21(16)8-14(23)24)6-10-7-19-12-5-3-2-4-11(10)12/h2-5,7,9,15,19,22,25H,6,8,18H2,1H3,(H,23,24)/t9-,15+/m1/s1. The maximum Gasteiger partial charge on any atom is 0.323 e. The average Bonchev–Trinajstić information content (AvgIpc) is 3.10. The van der Waals surface area contributed by atoms with Crippen molar-refractivity contribution < 1.29 is 20.1 Å². The Bertz CT molecular complexity index is 913. The van der Waals surface area contributed by atoms with E-state index in [0.29, 0.717) is 12.1 Å². The number of aromatic amines is 1. The molecule has 3 rings (SSSR count). The second kappa shape index (κ2) is 6.58. The number of benzene rings is 1. The molecule has 0 bridgehead atoms. The van der Waals surface area contributed by atoms with E-state index in [4.69, 9.17) is 10.8 Å². The first kappa shape index (κ1) is 17.0. The molecule has 2 atom stereocenters. The zero-order valence-electron chi connectivity index (χ0n) is 13.7. The van der Waals surface area contributed by atoms with Crippen LogP contribution in [0.5, 0.6) is 5.88 Å². The topological polar surface area (TPSA) is 137 Å². The number of nitrogens with two attached hydrogens (primary N) is 1. The molecule has 2 aromatic heterocycles. The van der Waals surface area contributed by atoms with Gasteiger partial charge in [-0.1, -0.05) is 18.2 Å². The number of aromatic nitrogens is 3. The minimum atomic E-state index is -1.13. The summed E-state index contributed by atoms with van der Waals surface area (Å²) in [5.74, 6) is -1.24. The number of fused-ring (bicyclic) bond motifs is 1. The highest BCUT2D eigenvalue weighted by Gasteiger charge is 2.25. The van der Waals surface area contributed by atoms with Crippen LogP contribution < -0.4 is 5.73 Å². The predicted octanol–water partition coefficient (Wildman–Crippen LogP) is 1.13. The fourth-order valence-corrected chi connectivity index (χ4v) is 2.85. The van der Waals surface area contributed by atoms with Gasteiger partial charge in [0.15, 0.2) is 0 Å². The molecule has 0 aliphatic rings. The number of nitrogens with one attached hydrogen (secondary N) is 1. The highest BCUT2D eigenvalue weighted by Crippen LogP contribution is 2.28. The molecule has 0 radical (unpaired) electrons. The van der Waals surface area contributed by atoms with Crippen LogP contribution in [0, 0.1) is 0 Å². The van der Waals surface area contributed by atoms with E-state index in [2.05, 4.69) is 9.97 Å². The normalized spacial score (nSPS) is 13.9. The average molecular weight is 344 g/mol. The molecule has 0 saturated carbocycles. The minimum Gasteiger partial charge on any atom is -0.493 e. The lowest BCUT2D eigenvalue weighted by Crippen LogP contribution is -2.27. The number of nitrogens with zero attached hydrogens (tertiary/aromatic N) is 2. The second-order valence-electron chi connectivity index (χ2n) is 6.02. The number of aromatic hydroxyl groups is 1. The summed E-state index contributed by atoms with van der Waals surface area (Å²) < 4.78 is 1.13. The summed E-state index contributed by atoms with van der Waals surface area (Å²) in [7, 11) is 0. The fourth-order valence-electron chi connectivity index (χ4n) is 2.85. The summed E-state index contributed by atoms with van der Waals surface area (Å²) >= 11 is 0. The number of aliphatic hydroxyl groups excluding tert-OH is 1. The molecular formula is C17H20N4O4. The highest BCUT2D eigenvalue weighted by atomic mass is 16.4. The zero-order chi connectivity index (χ0) is 18.1. The van der Waals surface area contributed by atoms with Crippen molar-refractivity contribution in [2.45, 2.75) is 32.0 Å². The number of aliphatic hydroxyl groups is 1. The number of hydrogen-bond acceptors (Lipinski definition) is 5. The number of hydrogen-bond donors (Lipinski definition) is 5. The molecule has 0 amide bonds. The summed E-state index contributed by atoms with van der Waals surface area (Å²) in [6.45, 7) is 1.00. The molecule has 25 heavy (non-hydrogen) atoms. The second-order valence-corrected chi connectivity index (χ2v) is 6.02. The number of rotatable bonds is 6. The number of H-pyrrole nitrogens is 1. The van der Waals surface area contributed by atoms with Gasteiger partial charge in [0.25, 0.3) is 0 Å². The minimum absolute atomic E-state index is 0.143. The van der Waals surface area contributed by atoms with Crippen molar-refractivity contribution in [3.8, 4) is 5.88 Å². The molecular weight excluding hydrogens is 324 g/mol. The van der Waals surface area contributed by atoms with Crippen molar-refractivity contribution in [3.05, 3.63) is 47.5 Å². The van der Waals surface area contributed by atoms with Crippen LogP contribution >= 0.6 is 0 Å². The van der Waals surface area contributed by atoms with E-state index in [1.807, 2.05) is 30.5 Å². The van der Waals surface area contributed by atoms with Gasteiger partial charge < -0.3 is 26.0 Å². The molecule has 0 saturated heterocycles. The third kappa shape index (κ3) is 3.21. The van der Waals surface area contributed by atoms with Crippen molar-refractivity contribution in [2.24, 2.45) is 5.73 Å². The van der Waals surface area contributed by atoms with Crippen molar-refractivity contribution in [2.75, 3.05) is 0 Å². The van der Waals surface area contributed by atoms with Crippen LogP contribution in [0.15, 0.2) is 30.5 Å². The molecule has 0 unspecified atom stereocenters. The van der Waals surface area contributed by atoms with Crippen LogP contribution in [0.25, 0.3) is 10.9 Å². The van der Waals surface area contributed by atoms with Crippen LogP contribution in [0.2, 0.25) is 0 Å². The summed E-state index contributed by atoms with van der Waals surface area (Å²) in [4.78, 5) is 18.6. The van der Waals surface area contributed by atoms with Gasteiger partial charge in [0.1, 0.15) is 18.1 Å². The molecule has 0 aliphatic heterocycles. The fraction of sp³-hybridized carbons (Fsp3) is 0.294. The van der Waals surface area contributed by atoms with E-state index >= 15 is 0 Å². The molecule has 3 aromatic rings. The number of para-hydroxylation sites is 1. The van der Waals surface area contributed by atoms with E-state index in [9.17, 15) is 15.0 Å². The maximum absolute atomic E-state index is 11.1. The van der Waals surface area contributed by atoms with Gasteiger partial charge in [0, 0.05) is 23.5 Å². The van der Waals surface area contributed by atoms with Gasteiger partial charge in [0.2, 0.25) is 5.88 Å². The van der Waals surface area contributed by atoms with Gasteiger partial charge in [0.05, 0.1) is 12.1 Å². The molecule has 0 aliphatic carbocycles. The Morgan fingerprint density at radius 3 is 2.80 bits per heavy atom. The van der Waals surface area contributed by atoms with Gasteiger partial charge in [-0.15, -0.1) is 0 Å². The Labute approximate surface area is 143 Å². The summed E-state index contributed by atoms with van der Waals surface area (Å²) in [5, 5.41) is 30.2. The Morgan fingerprint density at radius 2 is 2.12 bits per heavy atom. The largest absolute Gasteiger partial charge is 0.493 e. The number of carboxylic acids is 1. The third-order valence-electron chi connectivity index (χ3n) is 4.18. The quantitative estimate of drug-likeness (QED) is 0.454. The first-order chi connectivity index (χ1) is 11.9. The van der Waals surface area contributed by atoms with Crippen LogP contribution in [-0.2, 0) is 17.8 Å². The number of aliphatic carboxylic acids is 1. The van der Waals surface area contributed by atoms with Crippen molar-refractivity contribution in [3.63, 3.8) is 0 Å². The van der Waals surface area contributed by atoms with E-state index in [0.717, 1.165) is 21.0 Å². The van der Waals surface area contributed by atoms with Gasteiger partial charge in [-0.25, -0.2) is 4.98 Å². The summed E-state index contributed by atoms with van der Waals surface area (Å²) in [5.41, 5.74) is 8.11. The summed E-state index contributed by atoms with van der Waals surface area (Å²) in [6, 6.07) is 6.83. The van der Waals surface area contributed by atoms with E-state index in [-0.39, 0.29) is 11.7 Å².